The minimum Gasteiger partial charge on any atom is -0.497 e. The smallest absolute Gasteiger partial charge is 0.268 e. The molecule has 1 saturated heterocycles. The third kappa shape index (κ3) is 4.04. The number of aromatic amines is 1. The molecule has 0 saturated carbocycles. The maximum atomic E-state index is 12.6. The molecular weight excluding hydrogens is 388 g/mol. The molecule has 0 radical (unpaired) electrons. The first kappa shape index (κ1) is 19.6. The van der Waals surface area contributed by atoms with E-state index in [1.54, 1.807) is 7.11 Å². The Bertz CT molecular complexity index is 1100. The van der Waals surface area contributed by atoms with Gasteiger partial charge in [-0.15, -0.1) is 11.3 Å². The van der Waals surface area contributed by atoms with Gasteiger partial charge in [0, 0.05) is 22.9 Å². The Morgan fingerprint density at radius 1 is 1.28 bits per heavy atom. The van der Waals surface area contributed by atoms with Crippen LogP contribution in [0, 0.1) is 0 Å². The first-order valence-corrected chi connectivity index (χ1v) is 10.4. The number of fused-ring (bicyclic) bond motifs is 1. The summed E-state index contributed by atoms with van der Waals surface area (Å²) in [4.78, 5) is 32.7. The van der Waals surface area contributed by atoms with Crippen molar-refractivity contribution in [1.29, 1.82) is 0 Å². The zero-order valence-corrected chi connectivity index (χ0v) is 17.5. The highest BCUT2D eigenvalue weighted by Gasteiger charge is 2.35. The van der Waals surface area contributed by atoms with E-state index in [1.807, 2.05) is 44.2 Å². The summed E-state index contributed by atoms with van der Waals surface area (Å²) in [6.07, 6.45) is 1.26. The van der Waals surface area contributed by atoms with Crippen molar-refractivity contribution in [2.45, 2.75) is 44.8 Å². The zero-order valence-electron chi connectivity index (χ0n) is 16.7. The summed E-state index contributed by atoms with van der Waals surface area (Å²) in [5.41, 5.74) is 1.24. The van der Waals surface area contributed by atoms with Gasteiger partial charge in [0.15, 0.2) is 0 Å². The molecule has 1 aliphatic rings. The summed E-state index contributed by atoms with van der Waals surface area (Å²) in [5, 5.41) is 6.45. The van der Waals surface area contributed by atoms with Crippen molar-refractivity contribution in [2.75, 3.05) is 7.11 Å². The Morgan fingerprint density at radius 3 is 2.72 bits per heavy atom. The SMILES string of the molecule is COc1ccc(-c2cc3nc(CNC4CCC(=O)NC4(C)C)[nH]c(=O)c3s2)cc1. The molecule has 7 nitrogen and oxygen atoms in total. The van der Waals surface area contributed by atoms with Crippen LogP contribution in [0.15, 0.2) is 35.1 Å². The van der Waals surface area contributed by atoms with Crippen LogP contribution in [0.1, 0.15) is 32.5 Å². The topological polar surface area (TPSA) is 96.1 Å². The van der Waals surface area contributed by atoms with Crippen LogP contribution in [-0.2, 0) is 11.3 Å². The van der Waals surface area contributed by atoms with E-state index in [9.17, 15) is 9.59 Å². The number of hydrogen-bond donors (Lipinski definition) is 3. The number of nitrogens with zero attached hydrogens (tertiary/aromatic N) is 1. The number of H-pyrrole nitrogens is 1. The summed E-state index contributed by atoms with van der Waals surface area (Å²) in [7, 11) is 1.63. The molecule has 1 fully saturated rings. The highest BCUT2D eigenvalue weighted by atomic mass is 32.1. The van der Waals surface area contributed by atoms with Crippen LogP contribution in [0.4, 0.5) is 0 Å². The second-order valence-electron chi connectivity index (χ2n) is 7.81. The molecule has 1 unspecified atom stereocenters. The number of thiophene rings is 1. The van der Waals surface area contributed by atoms with E-state index >= 15 is 0 Å². The summed E-state index contributed by atoms with van der Waals surface area (Å²) in [6, 6.07) is 9.80. The fraction of sp³-hybridized carbons (Fsp3) is 0.381. The maximum absolute atomic E-state index is 12.6. The van der Waals surface area contributed by atoms with Crippen molar-refractivity contribution in [3.8, 4) is 16.2 Å². The third-order valence-corrected chi connectivity index (χ3v) is 6.49. The molecule has 1 aromatic carbocycles. The minimum absolute atomic E-state index is 0.0744. The second kappa shape index (κ2) is 7.61. The third-order valence-electron chi connectivity index (χ3n) is 5.32. The molecule has 1 aliphatic heterocycles. The molecule has 0 aliphatic carbocycles. The molecule has 3 aromatic rings. The number of methoxy groups -OCH3 is 1. The van der Waals surface area contributed by atoms with Gasteiger partial charge in [0.1, 0.15) is 16.3 Å². The monoisotopic (exact) mass is 412 g/mol. The van der Waals surface area contributed by atoms with Crippen LogP contribution in [0.2, 0.25) is 0 Å². The van der Waals surface area contributed by atoms with Gasteiger partial charge < -0.3 is 20.4 Å². The van der Waals surface area contributed by atoms with Crippen LogP contribution >= 0.6 is 11.3 Å². The molecule has 1 atom stereocenters. The summed E-state index contributed by atoms with van der Waals surface area (Å²) >= 11 is 1.43. The minimum atomic E-state index is -0.344. The molecule has 8 heteroatoms. The van der Waals surface area contributed by atoms with Crippen molar-refractivity contribution in [2.24, 2.45) is 0 Å². The van der Waals surface area contributed by atoms with E-state index in [-0.39, 0.29) is 23.0 Å². The lowest BCUT2D eigenvalue weighted by Gasteiger charge is -2.39. The molecule has 3 heterocycles. The van der Waals surface area contributed by atoms with Crippen molar-refractivity contribution >= 4 is 27.5 Å². The lowest BCUT2D eigenvalue weighted by atomic mass is 9.87. The zero-order chi connectivity index (χ0) is 20.6. The Balaban J connectivity index is 1.55. The van der Waals surface area contributed by atoms with E-state index in [2.05, 4.69) is 20.6 Å². The number of nitrogens with one attached hydrogen (secondary N) is 3. The molecule has 4 rings (SSSR count). The van der Waals surface area contributed by atoms with E-state index in [0.29, 0.717) is 29.0 Å². The summed E-state index contributed by atoms with van der Waals surface area (Å²) < 4.78 is 5.82. The number of ether oxygens (including phenoxy) is 1. The first-order valence-electron chi connectivity index (χ1n) is 9.57. The quantitative estimate of drug-likeness (QED) is 0.599. The Hall–Kier alpha value is -2.71. The number of benzene rings is 1. The van der Waals surface area contributed by atoms with E-state index in [0.717, 1.165) is 22.6 Å². The second-order valence-corrected chi connectivity index (χ2v) is 8.86. The van der Waals surface area contributed by atoms with Gasteiger partial charge in [-0.1, -0.05) is 0 Å². The van der Waals surface area contributed by atoms with Crippen LogP contribution in [0.25, 0.3) is 20.7 Å². The fourth-order valence-electron chi connectivity index (χ4n) is 3.69. The summed E-state index contributed by atoms with van der Waals surface area (Å²) in [5.74, 6) is 1.46. The molecule has 0 spiro atoms. The molecule has 2 aromatic heterocycles. The van der Waals surface area contributed by atoms with Gasteiger partial charge >= 0.3 is 0 Å². The summed E-state index contributed by atoms with van der Waals surface area (Å²) in [6.45, 7) is 4.44. The maximum Gasteiger partial charge on any atom is 0.268 e. The van der Waals surface area contributed by atoms with Gasteiger partial charge in [-0.25, -0.2) is 4.98 Å². The van der Waals surface area contributed by atoms with E-state index in [1.165, 1.54) is 11.3 Å². The normalized spacial score (nSPS) is 18.6. The molecule has 29 heavy (non-hydrogen) atoms. The number of amides is 1. The van der Waals surface area contributed by atoms with Crippen molar-refractivity contribution in [3.63, 3.8) is 0 Å². The van der Waals surface area contributed by atoms with Crippen LogP contribution in [0.5, 0.6) is 5.75 Å². The Labute approximate surface area is 172 Å². The lowest BCUT2D eigenvalue weighted by molar-refractivity contribution is -0.125. The highest BCUT2D eigenvalue weighted by Crippen LogP contribution is 2.31. The number of carbonyl (C=O) groups excluding carboxylic acids is 1. The van der Waals surface area contributed by atoms with Crippen molar-refractivity contribution in [3.05, 3.63) is 46.5 Å². The number of aromatic nitrogens is 2. The number of hydrogen-bond acceptors (Lipinski definition) is 6. The predicted octanol–water partition coefficient (Wildman–Crippen LogP) is 2.81. The van der Waals surface area contributed by atoms with Gasteiger partial charge in [-0.3, -0.25) is 9.59 Å². The number of rotatable bonds is 5. The molecular formula is C21H24N4O3S. The molecule has 152 valence electrons. The van der Waals surface area contributed by atoms with Crippen LogP contribution < -0.4 is 20.9 Å². The molecule has 3 N–H and O–H groups in total. The van der Waals surface area contributed by atoms with Gasteiger partial charge in [-0.05, 0) is 56.2 Å². The highest BCUT2D eigenvalue weighted by molar-refractivity contribution is 7.22. The largest absolute Gasteiger partial charge is 0.497 e. The lowest BCUT2D eigenvalue weighted by Crippen LogP contribution is -2.60. The standard InChI is InChI=1S/C21H24N4O3S/c1-21(2)16(8-9-18(26)25-21)22-11-17-23-14-10-15(29-19(14)20(27)24-17)12-4-6-13(28-3)7-5-12/h4-7,10,16,22H,8-9,11H2,1-3H3,(H,25,26)(H,23,24,27). The number of carbonyl (C=O) groups is 1. The fourth-order valence-corrected chi connectivity index (χ4v) is 4.69. The first-order chi connectivity index (χ1) is 13.9. The van der Waals surface area contributed by atoms with Crippen LogP contribution in [-0.4, -0.2) is 34.6 Å². The average Bonchev–Trinajstić information content (AvgIpc) is 3.11. The average molecular weight is 413 g/mol. The molecule has 1 amide bonds. The Kier molecular flexibility index (Phi) is 5.14. The number of piperidine rings is 1. The van der Waals surface area contributed by atoms with E-state index < -0.39 is 0 Å². The van der Waals surface area contributed by atoms with Gasteiger partial charge in [0.25, 0.3) is 5.56 Å². The van der Waals surface area contributed by atoms with Crippen LogP contribution in [0.3, 0.4) is 0 Å². The predicted molar refractivity (Wildman–Crippen MR) is 114 cm³/mol. The van der Waals surface area contributed by atoms with Gasteiger partial charge in [0.2, 0.25) is 5.91 Å². The van der Waals surface area contributed by atoms with E-state index in [4.69, 9.17) is 4.74 Å². The van der Waals surface area contributed by atoms with Crippen molar-refractivity contribution < 1.29 is 9.53 Å². The van der Waals surface area contributed by atoms with Crippen molar-refractivity contribution in [1.82, 2.24) is 20.6 Å². The van der Waals surface area contributed by atoms with Gasteiger partial charge in [0.05, 0.1) is 19.2 Å². The van der Waals surface area contributed by atoms with Gasteiger partial charge in [-0.2, -0.15) is 0 Å². The Morgan fingerprint density at radius 2 is 2.03 bits per heavy atom. The molecule has 0 bridgehead atoms.